The van der Waals surface area contributed by atoms with Crippen LogP contribution < -0.4 is 4.74 Å². The van der Waals surface area contributed by atoms with E-state index in [0.717, 1.165) is 5.75 Å². The highest BCUT2D eigenvalue weighted by Crippen LogP contribution is 2.19. The predicted octanol–water partition coefficient (Wildman–Crippen LogP) is 3.87. The molecule has 0 radical (unpaired) electrons. The number of carbonyl (C=O) groups excluding carboxylic acids is 1. The molecule has 4 nitrogen and oxygen atoms in total. The molecule has 1 aliphatic heterocycles. The summed E-state index contributed by atoms with van der Waals surface area (Å²) < 4.78 is 24.9. The molecule has 2 aromatic rings. The van der Waals surface area contributed by atoms with E-state index in [1.807, 2.05) is 12.1 Å². The number of hydrogen-bond acceptors (Lipinski definition) is 3. The molecule has 0 spiro atoms. The molecule has 1 fully saturated rings. The van der Waals surface area contributed by atoms with Crippen LogP contribution >= 0.6 is 0 Å². The molecule has 138 valence electrons. The molecule has 26 heavy (non-hydrogen) atoms. The highest BCUT2D eigenvalue weighted by molar-refractivity contribution is 5.94. The molecule has 0 bridgehead atoms. The minimum Gasteiger partial charge on any atom is -0.491 e. The molecule has 0 N–H and O–H groups in total. The zero-order valence-corrected chi connectivity index (χ0v) is 15.2. The van der Waals surface area contributed by atoms with E-state index in [2.05, 4.69) is 26.0 Å². The fraction of sp³-hybridized carbons (Fsp3) is 0.381. The molecule has 0 saturated carbocycles. The highest BCUT2D eigenvalue weighted by atomic mass is 19.1. The van der Waals surface area contributed by atoms with Gasteiger partial charge in [0.25, 0.3) is 5.91 Å². The van der Waals surface area contributed by atoms with Crippen molar-refractivity contribution in [1.29, 1.82) is 0 Å². The Bertz CT molecular complexity index is 745. The molecule has 0 unspecified atom stereocenters. The van der Waals surface area contributed by atoms with Crippen LogP contribution in [0, 0.1) is 5.82 Å². The maximum absolute atomic E-state index is 13.3. The molecule has 1 aliphatic rings. The predicted molar refractivity (Wildman–Crippen MR) is 98.1 cm³/mol. The van der Waals surface area contributed by atoms with Crippen LogP contribution in [-0.2, 0) is 4.74 Å². The monoisotopic (exact) mass is 357 g/mol. The van der Waals surface area contributed by atoms with Gasteiger partial charge >= 0.3 is 0 Å². The van der Waals surface area contributed by atoms with Crippen LogP contribution in [-0.4, -0.2) is 43.2 Å². The standard InChI is InChI=1S/C21H24FNO3/c1-15(2)16-6-8-19(9-7-16)26-14-20-13-23(10-11-25-20)21(24)17-4-3-5-18(22)12-17/h3-9,12,15,20H,10-11,13-14H2,1-2H3/t20-/m1/s1. The van der Waals surface area contributed by atoms with E-state index in [1.165, 1.54) is 17.7 Å². The van der Waals surface area contributed by atoms with Crippen molar-refractivity contribution in [3.05, 3.63) is 65.5 Å². The Morgan fingerprint density at radius 2 is 2.04 bits per heavy atom. The van der Waals surface area contributed by atoms with E-state index < -0.39 is 5.82 Å². The minimum absolute atomic E-state index is 0.181. The van der Waals surface area contributed by atoms with Gasteiger partial charge in [0.05, 0.1) is 13.2 Å². The fourth-order valence-corrected chi connectivity index (χ4v) is 2.95. The smallest absolute Gasteiger partial charge is 0.254 e. The van der Waals surface area contributed by atoms with Crippen LogP contribution in [0.1, 0.15) is 35.7 Å². The SMILES string of the molecule is CC(C)c1ccc(OC[C@H]2CN(C(=O)c3cccc(F)c3)CCO2)cc1. The van der Waals surface area contributed by atoms with Crippen LogP contribution in [0.25, 0.3) is 0 Å². The summed E-state index contributed by atoms with van der Waals surface area (Å²) in [6.45, 7) is 6.04. The normalized spacial score (nSPS) is 17.4. The van der Waals surface area contributed by atoms with Crippen molar-refractivity contribution in [1.82, 2.24) is 4.90 Å². The topological polar surface area (TPSA) is 38.8 Å². The average Bonchev–Trinajstić information content (AvgIpc) is 2.66. The summed E-state index contributed by atoms with van der Waals surface area (Å²) in [7, 11) is 0. The van der Waals surface area contributed by atoms with E-state index >= 15 is 0 Å². The number of nitrogens with zero attached hydrogens (tertiary/aromatic N) is 1. The van der Waals surface area contributed by atoms with Crippen molar-refractivity contribution < 1.29 is 18.7 Å². The third-order valence-corrected chi connectivity index (χ3v) is 4.48. The van der Waals surface area contributed by atoms with Crippen LogP contribution in [0.3, 0.4) is 0 Å². The van der Waals surface area contributed by atoms with E-state index in [9.17, 15) is 9.18 Å². The number of morpholine rings is 1. The molecule has 1 atom stereocenters. The van der Waals surface area contributed by atoms with Crippen molar-refractivity contribution in [3.8, 4) is 5.75 Å². The minimum atomic E-state index is -0.408. The highest BCUT2D eigenvalue weighted by Gasteiger charge is 2.25. The molecule has 5 heteroatoms. The Morgan fingerprint density at radius 1 is 1.27 bits per heavy atom. The first-order valence-electron chi connectivity index (χ1n) is 8.92. The first-order valence-corrected chi connectivity index (χ1v) is 8.92. The maximum Gasteiger partial charge on any atom is 0.254 e. The molecule has 1 saturated heterocycles. The quantitative estimate of drug-likeness (QED) is 0.815. The number of carbonyl (C=O) groups is 1. The summed E-state index contributed by atoms with van der Waals surface area (Å²) in [5, 5.41) is 0. The lowest BCUT2D eigenvalue weighted by molar-refractivity contribution is -0.0401. The average molecular weight is 357 g/mol. The van der Waals surface area contributed by atoms with E-state index in [-0.39, 0.29) is 12.0 Å². The summed E-state index contributed by atoms with van der Waals surface area (Å²) in [5.74, 6) is 0.674. The van der Waals surface area contributed by atoms with Crippen LogP contribution in [0.5, 0.6) is 5.75 Å². The number of halogens is 1. The van der Waals surface area contributed by atoms with Gasteiger partial charge in [0.15, 0.2) is 0 Å². The first-order chi connectivity index (χ1) is 12.5. The van der Waals surface area contributed by atoms with Crippen molar-refractivity contribution in [2.24, 2.45) is 0 Å². The number of hydrogen-bond donors (Lipinski definition) is 0. The van der Waals surface area contributed by atoms with Crippen molar-refractivity contribution in [2.45, 2.75) is 25.9 Å². The number of amides is 1. The maximum atomic E-state index is 13.3. The lowest BCUT2D eigenvalue weighted by Gasteiger charge is -2.33. The third-order valence-electron chi connectivity index (χ3n) is 4.48. The van der Waals surface area contributed by atoms with E-state index in [0.29, 0.717) is 37.8 Å². The molecule has 2 aromatic carbocycles. The number of benzene rings is 2. The van der Waals surface area contributed by atoms with Crippen molar-refractivity contribution >= 4 is 5.91 Å². The molecule has 1 heterocycles. The van der Waals surface area contributed by atoms with Gasteiger partial charge in [-0.25, -0.2) is 4.39 Å². The summed E-state index contributed by atoms with van der Waals surface area (Å²) in [6, 6.07) is 13.8. The van der Waals surface area contributed by atoms with E-state index in [4.69, 9.17) is 9.47 Å². The molecule has 0 aromatic heterocycles. The Labute approximate surface area is 153 Å². The number of rotatable bonds is 5. The number of ether oxygens (including phenoxy) is 2. The van der Waals surface area contributed by atoms with Gasteiger partial charge in [-0.3, -0.25) is 4.79 Å². The van der Waals surface area contributed by atoms with Gasteiger partial charge in [-0.1, -0.05) is 32.0 Å². The molecular weight excluding hydrogens is 333 g/mol. The van der Waals surface area contributed by atoms with Gasteiger partial charge in [-0.2, -0.15) is 0 Å². The second-order valence-electron chi connectivity index (χ2n) is 6.79. The van der Waals surface area contributed by atoms with Crippen molar-refractivity contribution in [2.75, 3.05) is 26.3 Å². The summed E-state index contributed by atoms with van der Waals surface area (Å²) in [4.78, 5) is 14.2. The first kappa shape index (κ1) is 18.4. The Morgan fingerprint density at radius 3 is 2.73 bits per heavy atom. The van der Waals surface area contributed by atoms with Crippen LogP contribution in [0.2, 0.25) is 0 Å². The molecule has 0 aliphatic carbocycles. The zero-order valence-electron chi connectivity index (χ0n) is 15.2. The van der Waals surface area contributed by atoms with Crippen LogP contribution in [0.15, 0.2) is 48.5 Å². The third kappa shape index (κ3) is 4.61. The summed E-state index contributed by atoms with van der Waals surface area (Å²) in [5.41, 5.74) is 1.62. The van der Waals surface area contributed by atoms with Crippen molar-refractivity contribution in [3.63, 3.8) is 0 Å². The Kier molecular flexibility index (Phi) is 5.89. The lowest BCUT2D eigenvalue weighted by Crippen LogP contribution is -2.47. The van der Waals surface area contributed by atoms with Gasteiger partial charge in [-0.05, 0) is 41.8 Å². The largest absolute Gasteiger partial charge is 0.491 e. The Balaban J connectivity index is 1.55. The molecule has 1 amide bonds. The second kappa shape index (κ2) is 8.32. The van der Waals surface area contributed by atoms with Gasteiger partial charge < -0.3 is 14.4 Å². The van der Waals surface area contributed by atoms with E-state index in [1.54, 1.807) is 17.0 Å². The lowest BCUT2D eigenvalue weighted by atomic mass is 10.0. The fourth-order valence-electron chi connectivity index (χ4n) is 2.95. The van der Waals surface area contributed by atoms with Gasteiger partial charge in [-0.15, -0.1) is 0 Å². The van der Waals surface area contributed by atoms with Crippen LogP contribution in [0.4, 0.5) is 4.39 Å². The van der Waals surface area contributed by atoms with Gasteiger partial charge in [0.2, 0.25) is 0 Å². The Hall–Kier alpha value is -2.40. The molecule has 3 rings (SSSR count). The molecular formula is C21H24FNO3. The van der Waals surface area contributed by atoms with Gasteiger partial charge in [0.1, 0.15) is 24.3 Å². The van der Waals surface area contributed by atoms with Gasteiger partial charge in [0, 0.05) is 12.1 Å². The summed E-state index contributed by atoms with van der Waals surface area (Å²) in [6.07, 6.45) is -0.203. The summed E-state index contributed by atoms with van der Waals surface area (Å²) >= 11 is 0. The second-order valence-corrected chi connectivity index (χ2v) is 6.79. The zero-order chi connectivity index (χ0) is 18.5.